The van der Waals surface area contributed by atoms with E-state index in [0.717, 1.165) is 17.0 Å². The molecule has 3 rings (SSSR count). The zero-order chi connectivity index (χ0) is 21.7. The van der Waals surface area contributed by atoms with E-state index in [0.29, 0.717) is 12.1 Å². The summed E-state index contributed by atoms with van der Waals surface area (Å²) in [4.78, 5) is 24.9. The van der Waals surface area contributed by atoms with Gasteiger partial charge in [-0.05, 0) is 37.6 Å². The minimum absolute atomic E-state index is 0.167. The molecule has 0 unspecified atom stereocenters. The molecule has 2 aromatic carbocycles. The van der Waals surface area contributed by atoms with Crippen molar-refractivity contribution >= 4 is 11.8 Å². The molecule has 1 heterocycles. The summed E-state index contributed by atoms with van der Waals surface area (Å²) in [5.41, 5.74) is 3.05. The number of alkyl halides is 2. The van der Waals surface area contributed by atoms with E-state index in [-0.39, 0.29) is 17.1 Å². The largest absolute Gasteiger partial charge is 0.454 e. The molecule has 30 heavy (non-hydrogen) atoms. The number of esters is 1. The Hall–Kier alpha value is -3.48. The van der Waals surface area contributed by atoms with Gasteiger partial charge in [0.05, 0.1) is 0 Å². The van der Waals surface area contributed by atoms with E-state index >= 15 is 0 Å². The van der Waals surface area contributed by atoms with Gasteiger partial charge in [0.25, 0.3) is 0 Å². The Balaban J connectivity index is 1.70. The van der Waals surface area contributed by atoms with Gasteiger partial charge in [0.15, 0.2) is 6.61 Å². The number of benzene rings is 2. The molecular formula is C23H21F2NO4. The third-order valence-corrected chi connectivity index (χ3v) is 4.71. The molecule has 1 aromatic heterocycles. The average molecular weight is 413 g/mol. The number of carbonyl (C=O) groups is 2. The van der Waals surface area contributed by atoms with Crippen molar-refractivity contribution in [2.75, 3.05) is 6.61 Å². The number of Topliss-reactive ketones (excluding diaryl/α,β-unsaturated/α-hetero) is 1. The molecule has 0 fully saturated rings. The number of hydrogen-bond donors (Lipinski definition) is 0. The maximum Gasteiger partial charge on any atom is 0.387 e. The van der Waals surface area contributed by atoms with Crippen molar-refractivity contribution in [1.82, 2.24) is 4.57 Å². The van der Waals surface area contributed by atoms with Gasteiger partial charge in [-0.25, -0.2) is 4.79 Å². The fourth-order valence-corrected chi connectivity index (χ4v) is 3.21. The molecule has 0 aliphatic heterocycles. The Morgan fingerprint density at radius 2 is 1.63 bits per heavy atom. The van der Waals surface area contributed by atoms with Gasteiger partial charge < -0.3 is 14.0 Å². The van der Waals surface area contributed by atoms with Crippen LogP contribution >= 0.6 is 0 Å². The van der Waals surface area contributed by atoms with Crippen LogP contribution in [0.1, 0.15) is 37.7 Å². The fourth-order valence-electron chi connectivity index (χ4n) is 3.21. The van der Waals surface area contributed by atoms with Gasteiger partial charge in [0.2, 0.25) is 5.78 Å². The molecule has 0 N–H and O–H groups in total. The topological polar surface area (TPSA) is 57.5 Å². The predicted octanol–water partition coefficient (Wildman–Crippen LogP) is 4.79. The minimum Gasteiger partial charge on any atom is -0.454 e. The highest BCUT2D eigenvalue weighted by molar-refractivity contribution is 6.01. The van der Waals surface area contributed by atoms with Crippen LogP contribution in [0.15, 0.2) is 60.7 Å². The van der Waals surface area contributed by atoms with E-state index in [1.165, 1.54) is 24.3 Å². The molecule has 7 heteroatoms. The third-order valence-electron chi connectivity index (χ3n) is 4.71. The zero-order valence-corrected chi connectivity index (χ0v) is 16.6. The summed E-state index contributed by atoms with van der Waals surface area (Å²) >= 11 is 0. The highest BCUT2D eigenvalue weighted by Crippen LogP contribution is 2.22. The van der Waals surface area contributed by atoms with Crippen LogP contribution in [0.5, 0.6) is 5.75 Å². The molecule has 3 aromatic rings. The van der Waals surface area contributed by atoms with Gasteiger partial charge >= 0.3 is 12.6 Å². The van der Waals surface area contributed by atoms with E-state index in [1.807, 2.05) is 48.7 Å². The first-order valence-corrected chi connectivity index (χ1v) is 9.31. The van der Waals surface area contributed by atoms with E-state index < -0.39 is 19.2 Å². The Labute approximate surface area is 172 Å². The van der Waals surface area contributed by atoms with E-state index in [2.05, 4.69) is 4.74 Å². The lowest BCUT2D eigenvalue weighted by Gasteiger charge is -2.11. The van der Waals surface area contributed by atoms with Crippen LogP contribution in [0.4, 0.5) is 8.78 Å². The van der Waals surface area contributed by atoms with Gasteiger partial charge in [-0.15, -0.1) is 0 Å². The Morgan fingerprint density at radius 1 is 0.967 bits per heavy atom. The molecule has 0 amide bonds. The van der Waals surface area contributed by atoms with E-state index in [1.54, 1.807) is 6.07 Å². The molecule has 0 aliphatic carbocycles. The summed E-state index contributed by atoms with van der Waals surface area (Å²) in [5, 5.41) is 0. The Morgan fingerprint density at radius 3 is 2.33 bits per heavy atom. The Bertz CT molecular complexity index is 1040. The number of nitrogens with zero attached hydrogens (tertiary/aromatic N) is 1. The lowest BCUT2D eigenvalue weighted by Crippen LogP contribution is -2.16. The van der Waals surface area contributed by atoms with E-state index in [4.69, 9.17) is 4.74 Å². The standard InChI is InChI=1S/C23H21F2NO4/c1-15-12-19(16(2)26(15)13-17-8-4-3-5-9-17)20(27)14-29-22(28)18-10-6-7-11-21(18)30-23(24)25/h3-12,23H,13-14H2,1-2H3. The fraction of sp³-hybridized carbons (Fsp3) is 0.217. The summed E-state index contributed by atoms with van der Waals surface area (Å²) in [6.45, 7) is 0.769. The molecular weight excluding hydrogens is 392 g/mol. The van der Waals surface area contributed by atoms with Crippen LogP contribution in [-0.2, 0) is 11.3 Å². The van der Waals surface area contributed by atoms with Crippen LogP contribution in [0.2, 0.25) is 0 Å². The van der Waals surface area contributed by atoms with Crippen molar-refractivity contribution in [1.29, 1.82) is 0 Å². The number of para-hydroxylation sites is 1. The summed E-state index contributed by atoms with van der Waals surface area (Å²) in [6, 6.07) is 17.1. The molecule has 0 saturated carbocycles. The highest BCUT2D eigenvalue weighted by Gasteiger charge is 2.20. The SMILES string of the molecule is Cc1cc(C(=O)COC(=O)c2ccccc2OC(F)F)c(C)n1Cc1ccccc1. The molecule has 0 radical (unpaired) electrons. The minimum atomic E-state index is -3.07. The number of halogens is 2. The van der Waals surface area contributed by atoms with Crippen molar-refractivity contribution in [2.24, 2.45) is 0 Å². The van der Waals surface area contributed by atoms with Crippen molar-refractivity contribution in [3.05, 3.63) is 88.7 Å². The second kappa shape index (κ2) is 9.35. The van der Waals surface area contributed by atoms with Crippen LogP contribution in [0, 0.1) is 13.8 Å². The van der Waals surface area contributed by atoms with Crippen molar-refractivity contribution in [2.45, 2.75) is 27.0 Å². The molecule has 0 saturated heterocycles. The first-order valence-electron chi connectivity index (χ1n) is 9.31. The number of carbonyl (C=O) groups excluding carboxylic acids is 2. The lowest BCUT2D eigenvalue weighted by atomic mass is 10.1. The molecule has 0 atom stereocenters. The van der Waals surface area contributed by atoms with Crippen molar-refractivity contribution in [3.8, 4) is 5.75 Å². The quantitative estimate of drug-likeness (QED) is 0.393. The second-order valence-corrected chi connectivity index (χ2v) is 6.73. The number of aryl methyl sites for hydroxylation is 1. The zero-order valence-electron chi connectivity index (χ0n) is 16.6. The van der Waals surface area contributed by atoms with Crippen molar-refractivity contribution in [3.63, 3.8) is 0 Å². The predicted molar refractivity (Wildman–Crippen MR) is 107 cm³/mol. The number of hydrogen-bond acceptors (Lipinski definition) is 4. The third kappa shape index (κ3) is 4.92. The first-order chi connectivity index (χ1) is 14.4. The van der Waals surface area contributed by atoms with E-state index in [9.17, 15) is 18.4 Å². The summed E-state index contributed by atoms with van der Waals surface area (Å²) < 4.78 is 36.4. The number of aromatic nitrogens is 1. The van der Waals surface area contributed by atoms with Gasteiger partial charge in [-0.1, -0.05) is 42.5 Å². The van der Waals surface area contributed by atoms with Gasteiger partial charge in [0.1, 0.15) is 11.3 Å². The smallest absolute Gasteiger partial charge is 0.387 e. The van der Waals surface area contributed by atoms with Crippen molar-refractivity contribution < 1.29 is 27.8 Å². The van der Waals surface area contributed by atoms with Gasteiger partial charge in [-0.3, -0.25) is 4.79 Å². The molecule has 0 spiro atoms. The maximum absolute atomic E-state index is 12.6. The Kier molecular flexibility index (Phi) is 6.61. The van der Waals surface area contributed by atoms with Gasteiger partial charge in [0, 0.05) is 23.5 Å². The number of rotatable bonds is 8. The lowest BCUT2D eigenvalue weighted by molar-refractivity contribution is -0.0504. The molecule has 0 aliphatic rings. The molecule has 0 bridgehead atoms. The normalized spacial score (nSPS) is 10.8. The first kappa shape index (κ1) is 21.2. The summed E-state index contributed by atoms with van der Waals surface area (Å²) in [7, 11) is 0. The van der Waals surface area contributed by atoms with Crippen LogP contribution < -0.4 is 4.74 Å². The van der Waals surface area contributed by atoms with Crippen LogP contribution in [0.25, 0.3) is 0 Å². The monoisotopic (exact) mass is 413 g/mol. The number of ketones is 1. The van der Waals surface area contributed by atoms with Crippen LogP contribution in [-0.4, -0.2) is 29.5 Å². The molecule has 156 valence electrons. The summed E-state index contributed by atoms with van der Waals surface area (Å²) in [6.07, 6.45) is 0. The highest BCUT2D eigenvalue weighted by atomic mass is 19.3. The number of ether oxygens (including phenoxy) is 2. The van der Waals surface area contributed by atoms with Gasteiger partial charge in [-0.2, -0.15) is 8.78 Å². The second-order valence-electron chi connectivity index (χ2n) is 6.73. The maximum atomic E-state index is 12.6. The van der Waals surface area contributed by atoms with Crippen LogP contribution in [0.3, 0.4) is 0 Å². The average Bonchev–Trinajstić information content (AvgIpc) is 3.01. The summed E-state index contributed by atoms with van der Waals surface area (Å²) in [5.74, 6) is -1.58. The molecule has 5 nitrogen and oxygen atoms in total.